The summed E-state index contributed by atoms with van der Waals surface area (Å²) in [7, 11) is -2.84. The number of hydrogen-bond acceptors (Lipinski definition) is 5. The molecule has 0 heterocycles. The number of carbonyl (C=O) groups excluding carboxylic acids is 2. The van der Waals surface area contributed by atoms with Crippen LogP contribution in [0, 0.1) is 0 Å². The van der Waals surface area contributed by atoms with E-state index in [0.717, 1.165) is 6.92 Å². The summed E-state index contributed by atoms with van der Waals surface area (Å²) in [5.74, 6) is -2.22. The predicted octanol–water partition coefficient (Wildman–Crippen LogP) is -2.66. The zero-order valence-electron chi connectivity index (χ0n) is 6.27. The summed E-state index contributed by atoms with van der Waals surface area (Å²) in [4.78, 5) is 30.6. The Bertz CT molecular complexity index is 200. The molecule has 1 unspecified atom stereocenters. The van der Waals surface area contributed by atoms with E-state index in [1.807, 2.05) is 5.32 Å². The third-order valence-corrected chi connectivity index (χ3v) is 1.66. The predicted molar refractivity (Wildman–Crippen MR) is 35.1 cm³/mol. The zero-order valence-corrected chi connectivity index (χ0v) is 7.17. The maximum atomic E-state index is 10.3. The molecule has 68 valence electrons. The van der Waals surface area contributed by atoms with Gasteiger partial charge in [0, 0.05) is 6.92 Å². The second kappa shape index (κ2) is 4.79. The Labute approximate surface area is 69.5 Å². The quantitative estimate of drug-likeness (QED) is 0.489. The maximum Gasteiger partial charge on any atom is 0.311 e. The smallest absolute Gasteiger partial charge is 0.311 e. The highest BCUT2D eigenvalue weighted by atomic mass is 31.1. The SMILES string of the molecule is CC(=O)N[C@@H](C[P+](=O)[O-])C(=O)[O-]. The Kier molecular flexibility index (Phi) is 4.39. The molecule has 0 spiro atoms. The largest absolute Gasteiger partial charge is 0.595 e. The lowest BCUT2D eigenvalue weighted by atomic mass is 10.3. The number of nitrogens with one attached hydrogen (secondary N) is 1. The van der Waals surface area contributed by atoms with Crippen LogP contribution in [-0.4, -0.2) is 24.1 Å². The third-order valence-electron chi connectivity index (χ3n) is 0.994. The monoisotopic (exact) mass is 192 g/mol. The molecular formula is C5H7NO5P-. The van der Waals surface area contributed by atoms with Gasteiger partial charge in [0.25, 0.3) is 0 Å². The first-order chi connectivity index (χ1) is 5.43. The first kappa shape index (κ1) is 11.0. The molecule has 0 aromatic rings. The van der Waals surface area contributed by atoms with E-state index in [4.69, 9.17) is 0 Å². The van der Waals surface area contributed by atoms with Gasteiger partial charge < -0.3 is 20.1 Å². The van der Waals surface area contributed by atoms with E-state index in [1.54, 1.807) is 0 Å². The Morgan fingerprint density at radius 2 is 2.08 bits per heavy atom. The number of carboxylic acid groups (broad SMARTS) is 1. The number of aliphatic carboxylic acids is 1. The second-order valence-electron chi connectivity index (χ2n) is 2.09. The van der Waals surface area contributed by atoms with Crippen LogP contribution in [0.5, 0.6) is 0 Å². The highest BCUT2D eigenvalue weighted by Crippen LogP contribution is 2.07. The fraction of sp³-hybridized carbons (Fsp3) is 0.600. The molecule has 1 amide bonds. The molecule has 0 aromatic heterocycles. The van der Waals surface area contributed by atoms with Gasteiger partial charge in [-0.15, -0.1) is 0 Å². The molecule has 6 nitrogen and oxygen atoms in total. The number of hydrogen-bond donors (Lipinski definition) is 1. The van der Waals surface area contributed by atoms with Crippen molar-refractivity contribution in [3.8, 4) is 0 Å². The van der Waals surface area contributed by atoms with Crippen LogP contribution in [0.1, 0.15) is 6.92 Å². The van der Waals surface area contributed by atoms with E-state index >= 15 is 0 Å². The first-order valence-electron chi connectivity index (χ1n) is 3.03. The molecule has 0 fully saturated rings. The van der Waals surface area contributed by atoms with Crippen molar-refractivity contribution >= 4 is 19.9 Å². The van der Waals surface area contributed by atoms with Crippen molar-refractivity contribution in [3.63, 3.8) is 0 Å². The number of amides is 1. The number of carbonyl (C=O) groups is 2. The van der Waals surface area contributed by atoms with Gasteiger partial charge in [0.1, 0.15) is 6.04 Å². The van der Waals surface area contributed by atoms with E-state index in [2.05, 4.69) is 0 Å². The normalized spacial score (nSPS) is 13.3. The Morgan fingerprint density at radius 1 is 1.58 bits per heavy atom. The lowest BCUT2D eigenvalue weighted by Gasteiger charge is -2.13. The van der Waals surface area contributed by atoms with Crippen LogP contribution in [0.25, 0.3) is 0 Å². The summed E-state index contributed by atoms with van der Waals surface area (Å²) in [5, 5.41) is 12.1. The highest BCUT2D eigenvalue weighted by Gasteiger charge is 2.17. The van der Waals surface area contributed by atoms with Crippen molar-refractivity contribution in [2.75, 3.05) is 6.16 Å². The van der Waals surface area contributed by atoms with Crippen molar-refractivity contribution in [2.24, 2.45) is 0 Å². The molecule has 0 rings (SSSR count). The van der Waals surface area contributed by atoms with Gasteiger partial charge in [0.15, 0.2) is 6.16 Å². The average Bonchev–Trinajstić information content (AvgIpc) is 1.83. The maximum absolute atomic E-state index is 10.3. The van der Waals surface area contributed by atoms with Crippen LogP contribution in [0.15, 0.2) is 0 Å². The third kappa shape index (κ3) is 4.76. The molecular weight excluding hydrogens is 185 g/mol. The number of carboxylic acids is 1. The van der Waals surface area contributed by atoms with E-state index in [-0.39, 0.29) is 0 Å². The van der Waals surface area contributed by atoms with Gasteiger partial charge in [-0.2, -0.15) is 0 Å². The standard InChI is InChI=1S/C5H8NO5P/c1-3(7)6-4(5(8)9)2-12(10)11/h4H,2H2,1H3,(H,6,7)(H,8,9)/p-1/t4-/m0/s1. The fourth-order valence-corrected chi connectivity index (χ4v) is 1.11. The molecule has 0 aliphatic heterocycles. The van der Waals surface area contributed by atoms with Crippen LogP contribution in [0.4, 0.5) is 0 Å². The zero-order chi connectivity index (χ0) is 9.72. The molecule has 7 heteroatoms. The van der Waals surface area contributed by atoms with Gasteiger partial charge in [0.05, 0.1) is 5.97 Å². The van der Waals surface area contributed by atoms with E-state index in [1.165, 1.54) is 0 Å². The van der Waals surface area contributed by atoms with Gasteiger partial charge in [-0.3, -0.25) is 4.79 Å². The molecule has 2 atom stereocenters. The summed E-state index contributed by atoms with van der Waals surface area (Å²) in [6.07, 6.45) is -0.642. The molecule has 0 saturated carbocycles. The van der Waals surface area contributed by atoms with Gasteiger partial charge in [-0.05, 0) is 0 Å². The van der Waals surface area contributed by atoms with Gasteiger partial charge >= 0.3 is 8.03 Å². The van der Waals surface area contributed by atoms with Crippen LogP contribution < -0.4 is 15.3 Å². The fourth-order valence-electron chi connectivity index (χ4n) is 0.574. The molecule has 0 bridgehead atoms. The summed E-state index contributed by atoms with van der Waals surface area (Å²) in [5.41, 5.74) is 0. The van der Waals surface area contributed by atoms with Gasteiger partial charge in [-0.1, -0.05) is 4.57 Å². The molecule has 0 aliphatic carbocycles. The molecule has 12 heavy (non-hydrogen) atoms. The number of rotatable bonds is 4. The summed E-state index contributed by atoms with van der Waals surface area (Å²) >= 11 is 0. The van der Waals surface area contributed by atoms with Gasteiger partial charge in [0.2, 0.25) is 5.91 Å². The minimum absolute atomic E-state index is 0.610. The van der Waals surface area contributed by atoms with Crippen molar-refractivity contribution in [2.45, 2.75) is 13.0 Å². The Morgan fingerprint density at radius 3 is 2.33 bits per heavy atom. The summed E-state index contributed by atoms with van der Waals surface area (Å²) < 4.78 is 10.1. The van der Waals surface area contributed by atoms with Crippen molar-refractivity contribution in [1.29, 1.82) is 0 Å². The molecule has 0 aromatic carbocycles. The molecule has 0 aliphatic rings. The highest BCUT2D eigenvalue weighted by molar-refractivity contribution is 7.36. The van der Waals surface area contributed by atoms with Crippen LogP contribution in [0.2, 0.25) is 0 Å². The lowest BCUT2D eigenvalue weighted by Crippen LogP contribution is -2.49. The van der Waals surface area contributed by atoms with Crippen molar-refractivity contribution < 1.29 is 24.2 Å². The minimum Gasteiger partial charge on any atom is -0.595 e. The Hall–Kier alpha value is -1.00. The average molecular weight is 192 g/mol. The molecule has 1 N–H and O–H groups in total. The minimum atomic E-state index is -2.84. The van der Waals surface area contributed by atoms with Crippen LogP contribution >= 0.6 is 8.03 Å². The molecule has 0 saturated heterocycles. The Balaban J connectivity index is 4.14. The second-order valence-corrected chi connectivity index (χ2v) is 3.12. The van der Waals surface area contributed by atoms with E-state index < -0.39 is 32.1 Å². The lowest BCUT2D eigenvalue weighted by molar-refractivity contribution is -0.307. The summed E-state index contributed by atoms with van der Waals surface area (Å²) in [6.45, 7) is 1.09. The topological polar surface area (TPSA) is 109 Å². The van der Waals surface area contributed by atoms with Crippen molar-refractivity contribution in [3.05, 3.63) is 0 Å². The van der Waals surface area contributed by atoms with Gasteiger partial charge in [-0.25, -0.2) is 0 Å². The molecule has 0 radical (unpaired) electrons. The first-order valence-corrected chi connectivity index (χ1v) is 4.39. The summed E-state index contributed by atoms with van der Waals surface area (Å²) in [6, 6.07) is -1.45. The van der Waals surface area contributed by atoms with Crippen LogP contribution in [-0.2, 0) is 14.2 Å². The van der Waals surface area contributed by atoms with E-state index in [9.17, 15) is 24.2 Å². The van der Waals surface area contributed by atoms with Crippen molar-refractivity contribution in [1.82, 2.24) is 5.32 Å². The van der Waals surface area contributed by atoms with E-state index in [0.29, 0.717) is 0 Å². The van der Waals surface area contributed by atoms with Crippen LogP contribution in [0.3, 0.4) is 0 Å².